The molecule has 1 fully saturated rings. The molecule has 1 aliphatic rings. The molecule has 0 spiro atoms. The minimum absolute atomic E-state index is 0.202. The largest absolute Gasteiger partial charge is 0.478 e. The van der Waals surface area contributed by atoms with Crippen molar-refractivity contribution in [3.63, 3.8) is 0 Å². The van der Waals surface area contributed by atoms with Crippen molar-refractivity contribution in [1.29, 1.82) is 0 Å². The van der Waals surface area contributed by atoms with Crippen LogP contribution < -0.4 is 10.6 Å². The molecule has 3 N–H and O–H groups in total. The second kappa shape index (κ2) is 7.41. The monoisotopic (exact) mass is 294 g/mol. The lowest BCUT2D eigenvalue weighted by molar-refractivity contribution is 0.0692. The normalized spacial score (nSPS) is 20.6. The predicted octanol–water partition coefficient (Wildman–Crippen LogP) is 3.25. The summed E-state index contributed by atoms with van der Waals surface area (Å²) < 4.78 is 13.4. The highest BCUT2D eigenvalue weighted by Crippen LogP contribution is 2.18. The zero-order valence-electron chi connectivity index (χ0n) is 12.4. The number of hydrogen-bond acceptors (Lipinski definition) is 3. The van der Waals surface area contributed by atoms with Crippen molar-refractivity contribution >= 4 is 11.7 Å². The van der Waals surface area contributed by atoms with E-state index in [0.29, 0.717) is 11.7 Å². The van der Waals surface area contributed by atoms with Gasteiger partial charge in [-0.05, 0) is 50.9 Å². The van der Waals surface area contributed by atoms with E-state index in [-0.39, 0.29) is 11.6 Å². The molecular weight excluding hydrogens is 271 g/mol. The summed E-state index contributed by atoms with van der Waals surface area (Å²) in [6.45, 7) is 3.13. The highest BCUT2D eigenvalue weighted by Gasteiger charge is 2.16. The summed E-state index contributed by atoms with van der Waals surface area (Å²) in [5.74, 6) is -1.94. The number of aromatic carboxylic acids is 1. The Bertz CT molecular complexity index is 485. The molecule has 1 aliphatic heterocycles. The number of carbonyl (C=O) groups is 1. The number of nitrogens with one attached hydrogen (secondary N) is 2. The quantitative estimate of drug-likeness (QED) is 0.780. The van der Waals surface area contributed by atoms with Crippen LogP contribution in [0.5, 0.6) is 0 Å². The van der Waals surface area contributed by atoms with Crippen LogP contribution in [0.1, 0.15) is 49.4 Å². The molecule has 116 valence electrons. The first-order chi connectivity index (χ1) is 10.1. The van der Waals surface area contributed by atoms with Gasteiger partial charge >= 0.3 is 5.97 Å². The van der Waals surface area contributed by atoms with E-state index in [1.165, 1.54) is 37.8 Å². The van der Waals surface area contributed by atoms with Gasteiger partial charge in [-0.3, -0.25) is 0 Å². The number of carboxylic acid groups (broad SMARTS) is 1. The Morgan fingerprint density at radius 2 is 2.29 bits per heavy atom. The van der Waals surface area contributed by atoms with Crippen molar-refractivity contribution in [2.75, 3.05) is 11.9 Å². The van der Waals surface area contributed by atoms with E-state index in [2.05, 4.69) is 17.6 Å². The zero-order chi connectivity index (χ0) is 15.2. The van der Waals surface area contributed by atoms with Crippen LogP contribution in [-0.4, -0.2) is 29.7 Å². The molecule has 1 aromatic carbocycles. The van der Waals surface area contributed by atoms with E-state index < -0.39 is 11.8 Å². The smallest absolute Gasteiger partial charge is 0.338 e. The van der Waals surface area contributed by atoms with E-state index in [4.69, 9.17) is 5.11 Å². The van der Waals surface area contributed by atoms with Crippen molar-refractivity contribution < 1.29 is 14.3 Å². The molecule has 0 saturated carbocycles. The van der Waals surface area contributed by atoms with Crippen molar-refractivity contribution in [2.45, 2.75) is 51.1 Å². The lowest BCUT2D eigenvalue weighted by Gasteiger charge is -2.22. The van der Waals surface area contributed by atoms with Crippen LogP contribution in [-0.2, 0) is 0 Å². The predicted molar refractivity (Wildman–Crippen MR) is 81.3 cm³/mol. The van der Waals surface area contributed by atoms with Gasteiger partial charge in [-0.1, -0.05) is 12.8 Å². The SMILES string of the molecule is CC(CC1CCCCCN1)Nc1ccc(F)c(C(=O)O)c1. The van der Waals surface area contributed by atoms with Gasteiger partial charge in [0.2, 0.25) is 0 Å². The van der Waals surface area contributed by atoms with Gasteiger partial charge < -0.3 is 15.7 Å². The second-order valence-electron chi connectivity index (χ2n) is 5.78. The summed E-state index contributed by atoms with van der Waals surface area (Å²) in [6.07, 6.45) is 5.92. The molecule has 0 aromatic heterocycles. The molecule has 0 radical (unpaired) electrons. The number of hydrogen-bond donors (Lipinski definition) is 3. The second-order valence-corrected chi connectivity index (χ2v) is 5.78. The van der Waals surface area contributed by atoms with Gasteiger partial charge in [-0.15, -0.1) is 0 Å². The fourth-order valence-electron chi connectivity index (χ4n) is 2.85. The fourth-order valence-corrected chi connectivity index (χ4v) is 2.85. The Labute approximate surface area is 124 Å². The number of carboxylic acids is 1. The van der Waals surface area contributed by atoms with Gasteiger partial charge in [0, 0.05) is 17.8 Å². The molecule has 5 heteroatoms. The van der Waals surface area contributed by atoms with Gasteiger partial charge in [-0.25, -0.2) is 9.18 Å². The molecule has 4 nitrogen and oxygen atoms in total. The minimum atomic E-state index is -1.24. The maximum atomic E-state index is 13.4. The van der Waals surface area contributed by atoms with E-state index in [0.717, 1.165) is 13.0 Å². The topological polar surface area (TPSA) is 61.4 Å². The Morgan fingerprint density at radius 3 is 3.05 bits per heavy atom. The summed E-state index contributed by atoms with van der Waals surface area (Å²) in [5.41, 5.74) is 0.356. The van der Waals surface area contributed by atoms with E-state index in [9.17, 15) is 9.18 Å². The molecular formula is C16H23FN2O2. The van der Waals surface area contributed by atoms with Crippen molar-refractivity contribution in [1.82, 2.24) is 5.32 Å². The number of halogens is 1. The third-order valence-corrected chi connectivity index (χ3v) is 3.91. The number of anilines is 1. The van der Waals surface area contributed by atoms with Crippen LogP contribution in [0.25, 0.3) is 0 Å². The highest BCUT2D eigenvalue weighted by atomic mass is 19.1. The molecule has 2 rings (SSSR count). The molecule has 2 unspecified atom stereocenters. The summed E-state index contributed by atoms with van der Waals surface area (Å²) >= 11 is 0. The van der Waals surface area contributed by atoms with Gasteiger partial charge in [0.15, 0.2) is 0 Å². The maximum absolute atomic E-state index is 13.4. The first-order valence-electron chi connectivity index (χ1n) is 7.59. The Hall–Kier alpha value is -1.62. The van der Waals surface area contributed by atoms with Crippen LogP contribution in [0, 0.1) is 5.82 Å². The first kappa shape index (κ1) is 15.8. The van der Waals surface area contributed by atoms with Gasteiger partial charge in [0.25, 0.3) is 0 Å². The molecule has 0 aliphatic carbocycles. The summed E-state index contributed by atoms with van der Waals surface area (Å²) in [4.78, 5) is 10.9. The molecule has 0 bridgehead atoms. The van der Waals surface area contributed by atoms with Crippen LogP contribution in [0.4, 0.5) is 10.1 Å². The van der Waals surface area contributed by atoms with Crippen molar-refractivity contribution in [3.05, 3.63) is 29.6 Å². The molecule has 1 aromatic rings. The van der Waals surface area contributed by atoms with Crippen LogP contribution >= 0.6 is 0 Å². The van der Waals surface area contributed by atoms with Crippen molar-refractivity contribution in [2.24, 2.45) is 0 Å². The van der Waals surface area contributed by atoms with Crippen LogP contribution in [0.15, 0.2) is 18.2 Å². The van der Waals surface area contributed by atoms with Crippen LogP contribution in [0.3, 0.4) is 0 Å². The molecule has 2 atom stereocenters. The van der Waals surface area contributed by atoms with Gasteiger partial charge in [-0.2, -0.15) is 0 Å². The third-order valence-electron chi connectivity index (χ3n) is 3.91. The van der Waals surface area contributed by atoms with Crippen LogP contribution in [0.2, 0.25) is 0 Å². The van der Waals surface area contributed by atoms with Crippen molar-refractivity contribution in [3.8, 4) is 0 Å². The lowest BCUT2D eigenvalue weighted by atomic mass is 10.0. The highest BCUT2D eigenvalue weighted by molar-refractivity contribution is 5.89. The molecule has 1 heterocycles. The zero-order valence-corrected chi connectivity index (χ0v) is 12.4. The lowest BCUT2D eigenvalue weighted by Crippen LogP contribution is -2.33. The number of benzene rings is 1. The average Bonchev–Trinajstić information content (AvgIpc) is 2.69. The standard InChI is InChI=1S/C16H23FN2O2/c1-11(9-12-5-3-2-4-8-18-12)19-13-6-7-15(17)14(10-13)16(20)21/h6-7,10-12,18-19H,2-5,8-9H2,1H3,(H,20,21). The fraction of sp³-hybridized carbons (Fsp3) is 0.562. The Balaban J connectivity index is 1.94. The first-order valence-corrected chi connectivity index (χ1v) is 7.59. The van der Waals surface area contributed by atoms with E-state index in [1.807, 2.05) is 0 Å². The average molecular weight is 294 g/mol. The van der Waals surface area contributed by atoms with Gasteiger partial charge in [0.1, 0.15) is 5.82 Å². The molecule has 0 amide bonds. The summed E-state index contributed by atoms with van der Waals surface area (Å²) in [6, 6.07) is 4.83. The van der Waals surface area contributed by atoms with E-state index in [1.54, 1.807) is 6.07 Å². The number of rotatable bonds is 5. The molecule has 21 heavy (non-hydrogen) atoms. The molecule has 1 saturated heterocycles. The van der Waals surface area contributed by atoms with Gasteiger partial charge in [0.05, 0.1) is 5.56 Å². The summed E-state index contributed by atoms with van der Waals surface area (Å²) in [5, 5.41) is 15.7. The Morgan fingerprint density at radius 1 is 1.48 bits per heavy atom. The third kappa shape index (κ3) is 4.70. The summed E-state index contributed by atoms with van der Waals surface area (Å²) in [7, 11) is 0. The maximum Gasteiger partial charge on any atom is 0.338 e. The minimum Gasteiger partial charge on any atom is -0.478 e. The Kier molecular flexibility index (Phi) is 5.56. The van der Waals surface area contributed by atoms with E-state index >= 15 is 0 Å².